The highest BCUT2D eigenvalue weighted by molar-refractivity contribution is 5.77. The molecule has 0 aromatic carbocycles. The van der Waals surface area contributed by atoms with Crippen molar-refractivity contribution in [2.75, 3.05) is 39.8 Å². The molecule has 0 spiro atoms. The van der Waals surface area contributed by atoms with E-state index in [4.69, 9.17) is 8.94 Å². The molecule has 3 heterocycles. The second kappa shape index (κ2) is 8.26. The Balaban J connectivity index is 1.45. The van der Waals surface area contributed by atoms with E-state index in [0.717, 1.165) is 44.2 Å². The Morgan fingerprint density at radius 1 is 1.28 bits per heavy atom. The lowest BCUT2D eigenvalue weighted by atomic mass is 10.3. The van der Waals surface area contributed by atoms with E-state index in [1.807, 2.05) is 19.2 Å². The van der Waals surface area contributed by atoms with E-state index in [2.05, 4.69) is 19.9 Å². The number of hydrogen-bond acceptors (Lipinski definition) is 7. The minimum Gasteiger partial charge on any atom is -0.467 e. The van der Waals surface area contributed by atoms with Crippen LogP contribution in [-0.2, 0) is 17.9 Å². The Morgan fingerprint density at radius 2 is 2.08 bits per heavy atom. The van der Waals surface area contributed by atoms with Crippen molar-refractivity contribution in [3.05, 3.63) is 35.9 Å². The Labute approximate surface area is 147 Å². The molecule has 1 saturated heterocycles. The molecule has 25 heavy (non-hydrogen) atoms. The van der Waals surface area contributed by atoms with Gasteiger partial charge in [-0.3, -0.25) is 14.6 Å². The molecule has 0 atom stereocenters. The van der Waals surface area contributed by atoms with Crippen molar-refractivity contribution < 1.29 is 13.7 Å². The largest absolute Gasteiger partial charge is 0.467 e. The molecule has 0 unspecified atom stereocenters. The predicted molar refractivity (Wildman–Crippen MR) is 90.6 cm³/mol. The molecule has 0 N–H and O–H groups in total. The number of carbonyl (C=O) groups excluding carboxylic acids is 1. The monoisotopic (exact) mass is 347 g/mol. The Kier molecular flexibility index (Phi) is 5.83. The van der Waals surface area contributed by atoms with Crippen LogP contribution in [0.15, 0.2) is 27.3 Å². The summed E-state index contributed by atoms with van der Waals surface area (Å²) in [6.07, 6.45) is 2.65. The molecule has 8 nitrogen and oxygen atoms in total. The summed E-state index contributed by atoms with van der Waals surface area (Å²) in [4.78, 5) is 22.9. The molecule has 8 heteroatoms. The number of rotatable bonds is 6. The van der Waals surface area contributed by atoms with E-state index >= 15 is 0 Å². The first-order chi connectivity index (χ1) is 12.1. The summed E-state index contributed by atoms with van der Waals surface area (Å²) >= 11 is 0. The first-order valence-corrected chi connectivity index (χ1v) is 8.60. The number of hydrogen-bond donors (Lipinski definition) is 0. The van der Waals surface area contributed by atoms with Gasteiger partial charge in [-0.05, 0) is 31.6 Å². The number of carbonyl (C=O) groups is 1. The average Bonchev–Trinajstić information content (AvgIpc) is 3.18. The zero-order valence-corrected chi connectivity index (χ0v) is 14.8. The fourth-order valence-corrected chi connectivity index (χ4v) is 2.98. The lowest BCUT2D eigenvalue weighted by Crippen LogP contribution is -2.39. The summed E-state index contributed by atoms with van der Waals surface area (Å²) in [7, 11) is 1.81. The summed E-state index contributed by atoms with van der Waals surface area (Å²) in [5.41, 5.74) is 0. The smallest absolute Gasteiger partial charge is 0.236 e. The highest BCUT2D eigenvalue weighted by Gasteiger charge is 2.20. The van der Waals surface area contributed by atoms with Crippen LogP contribution in [-0.4, -0.2) is 70.5 Å². The van der Waals surface area contributed by atoms with Crippen molar-refractivity contribution in [2.45, 2.75) is 26.4 Å². The highest BCUT2D eigenvalue weighted by atomic mass is 16.5. The van der Waals surface area contributed by atoms with Gasteiger partial charge in [-0.15, -0.1) is 0 Å². The summed E-state index contributed by atoms with van der Waals surface area (Å²) in [5.74, 6) is 2.23. The number of likely N-dealkylation sites (N-methyl/N-ethyl adjacent to an activating group) is 1. The maximum absolute atomic E-state index is 12.4. The van der Waals surface area contributed by atoms with Crippen molar-refractivity contribution in [3.63, 3.8) is 0 Å². The molecule has 1 fully saturated rings. The van der Waals surface area contributed by atoms with Crippen LogP contribution < -0.4 is 0 Å². The van der Waals surface area contributed by atoms with E-state index in [1.165, 1.54) is 0 Å². The minimum atomic E-state index is 0.110. The number of aryl methyl sites for hydroxylation is 1. The zero-order chi connectivity index (χ0) is 17.6. The second-order valence-corrected chi connectivity index (χ2v) is 6.46. The number of amides is 1. The predicted octanol–water partition coefficient (Wildman–Crippen LogP) is 1.14. The fourth-order valence-electron chi connectivity index (χ4n) is 2.98. The number of nitrogens with zero attached hydrogens (tertiary/aromatic N) is 5. The lowest BCUT2D eigenvalue weighted by molar-refractivity contribution is -0.131. The van der Waals surface area contributed by atoms with Crippen LogP contribution in [0.25, 0.3) is 0 Å². The van der Waals surface area contributed by atoms with Crippen LogP contribution in [0, 0.1) is 6.92 Å². The summed E-state index contributed by atoms with van der Waals surface area (Å²) in [5, 5.41) is 3.96. The number of aromatic nitrogens is 2. The van der Waals surface area contributed by atoms with Gasteiger partial charge in [0.1, 0.15) is 5.76 Å². The van der Waals surface area contributed by atoms with Crippen molar-refractivity contribution >= 4 is 5.91 Å². The molecule has 0 bridgehead atoms. The van der Waals surface area contributed by atoms with Crippen LogP contribution in [0.1, 0.15) is 23.9 Å². The quantitative estimate of drug-likeness (QED) is 0.775. The molecule has 0 aliphatic carbocycles. The van der Waals surface area contributed by atoms with Crippen molar-refractivity contribution in [1.82, 2.24) is 24.8 Å². The van der Waals surface area contributed by atoms with Crippen molar-refractivity contribution in [1.29, 1.82) is 0 Å². The van der Waals surface area contributed by atoms with E-state index < -0.39 is 0 Å². The molecule has 0 saturated carbocycles. The molecule has 136 valence electrons. The SMILES string of the molecule is Cc1nc(CN2CCCN(CC(=O)N(C)Cc3ccco3)CC2)no1. The van der Waals surface area contributed by atoms with E-state index in [-0.39, 0.29) is 5.91 Å². The van der Waals surface area contributed by atoms with Gasteiger partial charge in [0.25, 0.3) is 0 Å². The summed E-state index contributed by atoms with van der Waals surface area (Å²) in [6, 6.07) is 3.72. The van der Waals surface area contributed by atoms with Crippen LogP contribution in [0.5, 0.6) is 0 Å². The van der Waals surface area contributed by atoms with E-state index in [1.54, 1.807) is 18.1 Å². The van der Waals surface area contributed by atoms with Gasteiger partial charge >= 0.3 is 0 Å². The minimum absolute atomic E-state index is 0.110. The molecule has 3 rings (SSSR count). The second-order valence-electron chi connectivity index (χ2n) is 6.46. The maximum atomic E-state index is 12.4. The lowest BCUT2D eigenvalue weighted by Gasteiger charge is -2.23. The molecule has 1 aliphatic rings. The maximum Gasteiger partial charge on any atom is 0.236 e. The Bertz CT molecular complexity index is 670. The van der Waals surface area contributed by atoms with Crippen LogP contribution in [0.2, 0.25) is 0 Å². The topological polar surface area (TPSA) is 78.9 Å². The third-order valence-electron chi connectivity index (χ3n) is 4.37. The van der Waals surface area contributed by atoms with Gasteiger partial charge in [-0.1, -0.05) is 5.16 Å². The normalized spacial score (nSPS) is 16.7. The first-order valence-electron chi connectivity index (χ1n) is 8.60. The van der Waals surface area contributed by atoms with Crippen LogP contribution in [0.4, 0.5) is 0 Å². The van der Waals surface area contributed by atoms with Gasteiger partial charge in [0.05, 0.1) is 25.9 Å². The summed E-state index contributed by atoms with van der Waals surface area (Å²) < 4.78 is 10.3. The molecular formula is C17H25N5O3. The van der Waals surface area contributed by atoms with Gasteiger partial charge in [0.2, 0.25) is 11.8 Å². The standard InChI is InChI=1S/C17H25N5O3/c1-14-18-16(19-25-14)12-21-6-4-7-22(9-8-21)13-17(23)20(2)11-15-5-3-10-24-15/h3,5,10H,4,6-9,11-13H2,1-2H3. The van der Waals surface area contributed by atoms with Gasteiger partial charge in [0, 0.05) is 27.1 Å². The Hall–Kier alpha value is -2.19. The van der Waals surface area contributed by atoms with Gasteiger partial charge in [-0.2, -0.15) is 4.98 Å². The van der Waals surface area contributed by atoms with Crippen molar-refractivity contribution in [2.24, 2.45) is 0 Å². The zero-order valence-electron chi connectivity index (χ0n) is 14.8. The molecule has 2 aromatic rings. The molecule has 1 aliphatic heterocycles. The molecule has 1 amide bonds. The van der Waals surface area contributed by atoms with E-state index in [0.29, 0.717) is 25.5 Å². The molecule has 2 aromatic heterocycles. The van der Waals surface area contributed by atoms with E-state index in [9.17, 15) is 4.79 Å². The van der Waals surface area contributed by atoms with Crippen LogP contribution >= 0.6 is 0 Å². The third kappa shape index (κ3) is 5.14. The Morgan fingerprint density at radius 3 is 2.80 bits per heavy atom. The van der Waals surface area contributed by atoms with Crippen molar-refractivity contribution in [3.8, 4) is 0 Å². The first kappa shape index (κ1) is 17.6. The number of furan rings is 1. The van der Waals surface area contributed by atoms with Crippen LogP contribution in [0.3, 0.4) is 0 Å². The van der Waals surface area contributed by atoms with Gasteiger partial charge < -0.3 is 13.8 Å². The van der Waals surface area contributed by atoms with Gasteiger partial charge in [0.15, 0.2) is 5.82 Å². The third-order valence-corrected chi connectivity index (χ3v) is 4.37. The summed E-state index contributed by atoms with van der Waals surface area (Å²) in [6.45, 7) is 7.07. The molecular weight excluding hydrogens is 322 g/mol. The molecule has 0 radical (unpaired) electrons. The highest BCUT2D eigenvalue weighted by Crippen LogP contribution is 2.09. The fraction of sp³-hybridized carbons (Fsp3) is 0.588. The average molecular weight is 347 g/mol. The van der Waals surface area contributed by atoms with Gasteiger partial charge in [-0.25, -0.2) is 0 Å².